The van der Waals surface area contributed by atoms with Crippen LogP contribution in [0.1, 0.15) is 18.4 Å². The molecule has 2 fully saturated rings. The van der Waals surface area contributed by atoms with Crippen LogP contribution in [0, 0.1) is 5.92 Å². The van der Waals surface area contributed by atoms with E-state index in [4.69, 9.17) is 9.84 Å². The van der Waals surface area contributed by atoms with Crippen LogP contribution in [0.5, 0.6) is 0 Å². The van der Waals surface area contributed by atoms with Crippen LogP contribution < -0.4 is 0 Å². The number of nitrogens with zero attached hydrogens (tertiary/aromatic N) is 2. The van der Waals surface area contributed by atoms with Gasteiger partial charge in [-0.1, -0.05) is 30.3 Å². The molecule has 6 nitrogen and oxygen atoms in total. The second-order valence-corrected chi connectivity index (χ2v) is 6.58. The predicted octanol–water partition coefficient (Wildman–Crippen LogP) is 1.21. The molecule has 2 aliphatic rings. The van der Waals surface area contributed by atoms with Gasteiger partial charge in [-0.2, -0.15) is 0 Å². The lowest BCUT2D eigenvalue weighted by molar-refractivity contribution is -0.141. The van der Waals surface area contributed by atoms with E-state index in [1.807, 2.05) is 18.2 Å². The van der Waals surface area contributed by atoms with Gasteiger partial charge in [0.1, 0.15) is 0 Å². The molecule has 2 atom stereocenters. The molecular formula is C18H24N2O4. The smallest absolute Gasteiger partial charge is 0.308 e. The van der Waals surface area contributed by atoms with E-state index in [0.717, 1.165) is 19.6 Å². The number of hydrogen-bond acceptors (Lipinski definition) is 4. The van der Waals surface area contributed by atoms with Gasteiger partial charge in [-0.3, -0.25) is 14.5 Å². The minimum absolute atomic E-state index is 0.00492. The summed E-state index contributed by atoms with van der Waals surface area (Å²) in [5.41, 5.74) is 1.26. The number of carboxylic acids is 1. The number of amides is 1. The quantitative estimate of drug-likeness (QED) is 0.878. The van der Waals surface area contributed by atoms with Crippen molar-refractivity contribution in [2.45, 2.75) is 25.5 Å². The van der Waals surface area contributed by atoms with Crippen LogP contribution in [-0.2, 0) is 20.9 Å². The highest BCUT2D eigenvalue weighted by Crippen LogP contribution is 2.19. The number of carbonyl (C=O) groups excluding carboxylic acids is 1. The fourth-order valence-corrected chi connectivity index (χ4v) is 3.40. The molecule has 2 saturated heterocycles. The Morgan fingerprint density at radius 3 is 2.67 bits per heavy atom. The zero-order chi connectivity index (χ0) is 16.9. The molecule has 1 N–H and O–H groups in total. The molecule has 3 rings (SSSR count). The maximum Gasteiger partial charge on any atom is 0.308 e. The van der Waals surface area contributed by atoms with Crippen LogP contribution in [0.15, 0.2) is 30.3 Å². The second-order valence-electron chi connectivity index (χ2n) is 6.58. The summed E-state index contributed by atoms with van der Waals surface area (Å²) in [6, 6.07) is 10.3. The van der Waals surface area contributed by atoms with Crippen LogP contribution in [0.4, 0.5) is 0 Å². The highest BCUT2D eigenvalue weighted by molar-refractivity contribution is 5.79. The third-order valence-corrected chi connectivity index (χ3v) is 4.76. The fraction of sp³-hybridized carbons (Fsp3) is 0.556. The van der Waals surface area contributed by atoms with Crippen molar-refractivity contribution < 1.29 is 19.4 Å². The van der Waals surface area contributed by atoms with Crippen molar-refractivity contribution in [3.8, 4) is 0 Å². The van der Waals surface area contributed by atoms with E-state index in [1.165, 1.54) is 5.56 Å². The Hall–Kier alpha value is -1.92. The molecule has 1 aromatic carbocycles. The monoisotopic (exact) mass is 332 g/mol. The molecule has 0 spiro atoms. The van der Waals surface area contributed by atoms with E-state index in [2.05, 4.69) is 17.0 Å². The van der Waals surface area contributed by atoms with Crippen LogP contribution in [0.25, 0.3) is 0 Å². The van der Waals surface area contributed by atoms with Gasteiger partial charge >= 0.3 is 5.97 Å². The molecule has 2 aliphatic heterocycles. The van der Waals surface area contributed by atoms with Crippen molar-refractivity contribution >= 4 is 11.9 Å². The summed E-state index contributed by atoms with van der Waals surface area (Å²) < 4.78 is 5.74. The third kappa shape index (κ3) is 4.33. The number of aliphatic carboxylic acids is 1. The van der Waals surface area contributed by atoms with E-state index in [0.29, 0.717) is 32.5 Å². The first-order valence-corrected chi connectivity index (χ1v) is 8.50. The molecular weight excluding hydrogens is 308 g/mol. The molecule has 2 unspecified atom stereocenters. The lowest BCUT2D eigenvalue weighted by Crippen LogP contribution is -2.44. The van der Waals surface area contributed by atoms with E-state index < -0.39 is 11.9 Å². The molecule has 24 heavy (non-hydrogen) atoms. The van der Waals surface area contributed by atoms with Crippen LogP contribution in [-0.4, -0.2) is 65.7 Å². The molecule has 0 saturated carbocycles. The number of carbonyl (C=O) groups is 2. The number of hydrogen-bond donors (Lipinski definition) is 1. The number of morpholine rings is 1. The summed E-state index contributed by atoms with van der Waals surface area (Å²) in [7, 11) is 0. The Morgan fingerprint density at radius 2 is 1.96 bits per heavy atom. The van der Waals surface area contributed by atoms with E-state index in [9.17, 15) is 9.59 Å². The third-order valence-electron chi connectivity index (χ3n) is 4.76. The first kappa shape index (κ1) is 16.9. The van der Waals surface area contributed by atoms with Gasteiger partial charge in [0.15, 0.2) is 0 Å². The Kier molecular flexibility index (Phi) is 5.48. The average Bonchev–Trinajstić information content (AvgIpc) is 3.06. The topological polar surface area (TPSA) is 70.1 Å². The molecule has 0 bridgehead atoms. The summed E-state index contributed by atoms with van der Waals surface area (Å²) in [5.74, 6) is -1.23. The molecule has 0 radical (unpaired) electrons. The number of ether oxygens (including phenoxy) is 1. The van der Waals surface area contributed by atoms with Gasteiger partial charge in [0.05, 0.1) is 25.0 Å². The maximum atomic E-state index is 12.4. The summed E-state index contributed by atoms with van der Waals surface area (Å²) in [5, 5.41) is 9.04. The van der Waals surface area contributed by atoms with Crippen molar-refractivity contribution in [3.63, 3.8) is 0 Å². The summed E-state index contributed by atoms with van der Waals surface area (Å²) in [4.78, 5) is 27.4. The van der Waals surface area contributed by atoms with Crippen molar-refractivity contribution in [2.75, 3.05) is 32.8 Å². The van der Waals surface area contributed by atoms with Gasteiger partial charge in [0, 0.05) is 32.7 Å². The summed E-state index contributed by atoms with van der Waals surface area (Å²) in [6.45, 7) is 3.95. The molecule has 1 amide bonds. The Bertz CT molecular complexity index is 578. The normalized spacial score (nSPS) is 24.9. The van der Waals surface area contributed by atoms with E-state index in [-0.39, 0.29) is 12.0 Å². The number of carboxylic acid groups (broad SMARTS) is 1. The minimum Gasteiger partial charge on any atom is -0.481 e. The van der Waals surface area contributed by atoms with Crippen molar-refractivity contribution in [1.82, 2.24) is 9.80 Å². The highest BCUT2D eigenvalue weighted by atomic mass is 16.5. The maximum absolute atomic E-state index is 12.4. The van der Waals surface area contributed by atoms with Crippen molar-refractivity contribution in [1.29, 1.82) is 0 Å². The van der Waals surface area contributed by atoms with Crippen LogP contribution in [0.3, 0.4) is 0 Å². The average molecular weight is 332 g/mol. The Morgan fingerprint density at radius 1 is 1.17 bits per heavy atom. The van der Waals surface area contributed by atoms with Gasteiger partial charge in [-0.15, -0.1) is 0 Å². The second kappa shape index (κ2) is 7.77. The minimum atomic E-state index is -0.812. The van der Waals surface area contributed by atoms with Gasteiger partial charge < -0.3 is 14.7 Å². The fourth-order valence-electron chi connectivity index (χ4n) is 3.40. The lowest BCUT2D eigenvalue weighted by Gasteiger charge is -2.33. The lowest BCUT2D eigenvalue weighted by atomic mass is 10.1. The molecule has 130 valence electrons. The van der Waals surface area contributed by atoms with Gasteiger partial charge in [0.25, 0.3) is 0 Å². The number of benzene rings is 1. The highest BCUT2D eigenvalue weighted by Gasteiger charge is 2.32. The van der Waals surface area contributed by atoms with E-state index >= 15 is 0 Å². The van der Waals surface area contributed by atoms with E-state index in [1.54, 1.807) is 4.90 Å². The van der Waals surface area contributed by atoms with Crippen LogP contribution in [0.2, 0.25) is 0 Å². The first-order valence-electron chi connectivity index (χ1n) is 8.50. The Labute approximate surface area is 142 Å². The zero-order valence-electron chi connectivity index (χ0n) is 13.8. The Balaban J connectivity index is 1.48. The van der Waals surface area contributed by atoms with Gasteiger partial charge in [-0.05, 0) is 12.0 Å². The molecule has 6 heteroatoms. The van der Waals surface area contributed by atoms with Crippen LogP contribution >= 0.6 is 0 Å². The standard InChI is InChI=1S/C18H24N2O4/c21-17(20-7-6-15(12-20)18(22)23)10-16-13-19(8-9-24-16)11-14-4-2-1-3-5-14/h1-5,15-16H,6-13H2,(H,22,23). The summed E-state index contributed by atoms with van der Waals surface area (Å²) in [6.07, 6.45) is 0.767. The predicted molar refractivity (Wildman–Crippen MR) is 88.4 cm³/mol. The van der Waals surface area contributed by atoms with Gasteiger partial charge in [-0.25, -0.2) is 0 Å². The van der Waals surface area contributed by atoms with Crippen molar-refractivity contribution in [3.05, 3.63) is 35.9 Å². The SMILES string of the molecule is O=C(O)C1CCN(C(=O)CC2CN(Cc3ccccc3)CCO2)C1. The molecule has 0 aromatic heterocycles. The largest absolute Gasteiger partial charge is 0.481 e. The molecule has 1 aromatic rings. The molecule has 2 heterocycles. The van der Waals surface area contributed by atoms with Gasteiger partial charge in [0.2, 0.25) is 5.91 Å². The number of rotatable bonds is 5. The zero-order valence-corrected chi connectivity index (χ0v) is 13.8. The van der Waals surface area contributed by atoms with Crippen molar-refractivity contribution in [2.24, 2.45) is 5.92 Å². The molecule has 0 aliphatic carbocycles. The number of likely N-dealkylation sites (tertiary alicyclic amines) is 1. The first-order chi connectivity index (χ1) is 11.6. The summed E-state index contributed by atoms with van der Waals surface area (Å²) >= 11 is 0.